The van der Waals surface area contributed by atoms with Crippen molar-refractivity contribution in [2.75, 3.05) is 26.4 Å². The van der Waals surface area contributed by atoms with Gasteiger partial charge < -0.3 is 14.6 Å². The first-order valence-corrected chi connectivity index (χ1v) is 6.72. The van der Waals surface area contributed by atoms with Gasteiger partial charge in [0.2, 0.25) is 0 Å². The summed E-state index contributed by atoms with van der Waals surface area (Å²) in [5.41, 5.74) is 1.61. The van der Waals surface area contributed by atoms with Crippen molar-refractivity contribution in [2.45, 2.75) is 18.3 Å². The number of benzene rings is 1. The highest BCUT2D eigenvalue weighted by atomic mass is 16.5. The third-order valence-electron chi connectivity index (χ3n) is 4.43. The summed E-state index contributed by atoms with van der Waals surface area (Å²) in [6.07, 6.45) is 2.12. The minimum absolute atomic E-state index is 0.0703. The lowest BCUT2D eigenvalue weighted by Crippen LogP contribution is -2.53. The van der Waals surface area contributed by atoms with E-state index in [1.807, 2.05) is 12.1 Å². The van der Waals surface area contributed by atoms with Crippen LogP contribution < -0.4 is 0 Å². The van der Waals surface area contributed by atoms with E-state index in [1.54, 1.807) is 12.1 Å². The van der Waals surface area contributed by atoms with Gasteiger partial charge in [-0.25, -0.2) is 4.79 Å². The van der Waals surface area contributed by atoms with Gasteiger partial charge in [-0.2, -0.15) is 0 Å². The van der Waals surface area contributed by atoms with Gasteiger partial charge in [0, 0.05) is 18.6 Å². The van der Waals surface area contributed by atoms with Gasteiger partial charge in [0.05, 0.1) is 18.8 Å². The SMILES string of the molecule is O=C(O)c1ccc(C2(C3CCOCC3)COC2)cc1. The fraction of sp³-hybridized carbons (Fsp3) is 0.533. The average molecular weight is 262 g/mol. The molecular weight excluding hydrogens is 244 g/mol. The predicted molar refractivity (Wildman–Crippen MR) is 69.4 cm³/mol. The molecule has 2 fully saturated rings. The molecule has 2 aliphatic rings. The zero-order chi connectivity index (χ0) is 13.3. The summed E-state index contributed by atoms with van der Waals surface area (Å²) < 4.78 is 10.9. The molecule has 2 heterocycles. The molecular formula is C15H18O4. The van der Waals surface area contributed by atoms with Gasteiger partial charge in [-0.1, -0.05) is 12.1 Å². The molecule has 0 amide bonds. The van der Waals surface area contributed by atoms with Gasteiger partial charge in [0.1, 0.15) is 0 Å². The predicted octanol–water partition coefficient (Wildman–Crippen LogP) is 2.08. The fourth-order valence-electron chi connectivity index (χ4n) is 3.15. The molecule has 1 N–H and O–H groups in total. The number of carboxylic acid groups (broad SMARTS) is 1. The molecule has 19 heavy (non-hydrogen) atoms. The van der Waals surface area contributed by atoms with Crippen molar-refractivity contribution in [1.82, 2.24) is 0 Å². The Morgan fingerprint density at radius 3 is 2.21 bits per heavy atom. The van der Waals surface area contributed by atoms with Gasteiger partial charge in [-0.3, -0.25) is 0 Å². The Morgan fingerprint density at radius 1 is 1.11 bits per heavy atom. The molecule has 0 spiro atoms. The van der Waals surface area contributed by atoms with Gasteiger partial charge in [0.25, 0.3) is 0 Å². The van der Waals surface area contributed by atoms with Crippen LogP contribution in [0.25, 0.3) is 0 Å². The Labute approximate surface area is 112 Å². The maximum Gasteiger partial charge on any atom is 0.335 e. The average Bonchev–Trinajstić information content (AvgIpc) is 2.39. The molecule has 2 saturated heterocycles. The minimum Gasteiger partial charge on any atom is -0.478 e. The summed E-state index contributed by atoms with van der Waals surface area (Å²) >= 11 is 0. The van der Waals surface area contributed by atoms with Crippen LogP contribution in [0.1, 0.15) is 28.8 Å². The number of hydrogen-bond donors (Lipinski definition) is 1. The van der Waals surface area contributed by atoms with Crippen molar-refractivity contribution in [3.05, 3.63) is 35.4 Å². The van der Waals surface area contributed by atoms with Crippen LogP contribution in [0.4, 0.5) is 0 Å². The lowest BCUT2D eigenvalue weighted by molar-refractivity contribution is -0.111. The van der Waals surface area contributed by atoms with Crippen LogP contribution >= 0.6 is 0 Å². The summed E-state index contributed by atoms with van der Waals surface area (Å²) in [5, 5.41) is 8.96. The molecule has 4 heteroatoms. The third kappa shape index (κ3) is 2.15. The van der Waals surface area contributed by atoms with Crippen LogP contribution in [0, 0.1) is 5.92 Å². The highest BCUT2D eigenvalue weighted by Gasteiger charge is 2.47. The first-order chi connectivity index (χ1) is 9.22. The second-order valence-corrected chi connectivity index (χ2v) is 5.42. The van der Waals surface area contributed by atoms with E-state index in [4.69, 9.17) is 14.6 Å². The molecule has 2 aliphatic heterocycles. The van der Waals surface area contributed by atoms with Crippen LogP contribution in [-0.2, 0) is 14.9 Å². The highest BCUT2D eigenvalue weighted by Crippen LogP contribution is 2.43. The highest BCUT2D eigenvalue weighted by molar-refractivity contribution is 5.87. The van der Waals surface area contributed by atoms with Crippen molar-refractivity contribution in [2.24, 2.45) is 5.92 Å². The van der Waals surface area contributed by atoms with E-state index in [0.717, 1.165) is 39.3 Å². The molecule has 3 rings (SSSR count). The van der Waals surface area contributed by atoms with Crippen LogP contribution in [0.3, 0.4) is 0 Å². The second-order valence-electron chi connectivity index (χ2n) is 5.42. The van der Waals surface area contributed by atoms with Crippen molar-refractivity contribution in [3.8, 4) is 0 Å². The number of carboxylic acids is 1. The number of rotatable bonds is 3. The Bertz CT molecular complexity index is 456. The van der Waals surface area contributed by atoms with Crippen LogP contribution in [0.2, 0.25) is 0 Å². The van der Waals surface area contributed by atoms with E-state index >= 15 is 0 Å². The van der Waals surface area contributed by atoms with Gasteiger partial charge in [-0.15, -0.1) is 0 Å². The van der Waals surface area contributed by atoms with Crippen molar-refractivity contribution < 1.29 is 19.4 Å². The van der Waals surface area contributed by atoms with Gasteiger partial charge >= 0.3 is 5.97 Å². The molecule has 0 radical (unpaired) electrons. The van der Waals surface area contributed by atoms with Gasteiger partial charge in [-0.05, 0) is 36.5 Å². The topological polar surface area (TPSA) is 55.8 Å². The smallest absolute Gasteiger partial charge is 0.335 e. The normalized spacial score (nSPS) is 22.7. The Morgan fingerprint density at radius 2 is 1.74 bits per heavy atom. The molecule has 1 aromatic rings. The maximum absolute atomic E-state index is 10.9. The quantitative estimate of drug-likeness (QED) is 0.906. The van der Waals surface area contributed by atoms with E-state index < -0.39 is 5.97 Å². The molecule has 0 aromatic heterocycles. The van der Waals surface area contributed by atoms with Crippen molar-refractivity contribution >= 4 is 5.97 Å². The van der Waals surface area contributed by atoms with E-state index in [-0.39, 0.29) is 5.41 Å². The summed E-state index contributed by atoms with van der Waals surface area (Å²) in [4.78, 5) is 10.9. The largest absolute Gasteiger partial charge is 0.478 e. The molecule has 0 unspecified atom stereocenters. The summed E-state index contributed by atoms with van der Waals surface area (Å²) in [5.74, 6) is -0.304. The van der Waals surface area contributed by atoms with E-state index in [1.165, 1.54) is 5.56 Å². The Balaban J connectivity index is 1.86. The van der Waals surface area contributed by atoms with Crippen LogP contribution in [0.5, 0.6) is 0 Å². The number of carbonyl (C=O) groups is 1. The Kier molecular flexibility index (Phi) is 3.29. The van der Waals surface area contributed by atoms with Crippen molar-refractivity contribution in [1.29, 1.82) is 0 Å². The monoisotopic (exact) mass is 262 g/mol. The number of hydrogen-bond acceptors (Lipinski definition) is 3. The minimum atomic E-state index is -0.878. The summed E-state index contributed by atoms with van der Waals surface area (Å²) in [7, 11) is 0. The van der Waals surface area contributed by atoms with E-state index in [9.17, 15) is 4.79 Å². The number of ether oxygens (including phenoxy) is 2. The lowest BCUT2D eigenvalue weighted by atomic mass is 9.66. The van der Waals surface area contributed by atoms with E-state index in [2.05, 4.69) is 0 Å². The van der Waals surface area contributed by atoms with Crippen LogP contribution in [0.15, 0.2) is 24.3 Å². The fourth-order valence-corrected chi connectivity index (χ4v) is 3.15. The molecule has 0 saturated carbocycles. The molecule has 1 aromatic carbocycles. The third-order valence-corrected chi connectivity index (χ3v) is 4.43. The number of aromatic carboxylic acids is 1. The molecule has 0 bridgehead atoms. The standard InChI is InChI=1S/C15H18O4/c16-14(17)11-1-3-12(4-2-11)15(9-19-10-15)13-5-7-18-8-6-13/h1-4,13H,5-10H2,(H,16,17). The van der Waals surface area contributed by atoms with Crippen LogP contribution in [-0.4, -0.2) is 37.5 Å². The summed E-state index contributed by atoms with van der Waals surface area (Å²) in [6.45, 7) is 3.12. The summed E-state index contributed by atoms with van der Waals surface area (Å²) in [6, 6.07) is 7.27. The zero-order valence-corrected chi connectivity index (χ0v) is 10.8. The van der Waals surface area contributed by atoms with E-state index in [0.29, 0.717) is 11.5 Å². The zero-order valence-electron chi connectivity index (χ0n) is 10.8. The first kappa shape index (κ1) is 12.6. The lowest BCUT2D eigenvalue weighted by Gasteiger charge is -2.49. The first-order valence-electron chi connectivity index (χ1n) is 6.72. The molecule has 0 aliphatic carbocycles. The molecule has 4 nitrogen and oxygen atoms in total. The molecule has 102 valence electrons. The van der Waals surface area contributed by atoms with Crippen molar-refractivity contribution in [3.63, 3.8) is 0 Å². The Hall–Kier alpha value is -1.39. The molecule has 0 atom stereocenters. The second kappa shape index (κ2) is 4.94. The maximum atomic E-state index is 10.9. The van der Waals surface area contributed by atoms with Gasteiger partial charge in [0.15, 0.2) is 0 Å².